The number of ether oxygens (including phenoxy) is 2. The van der Waals surface area contributed by atoms with Gasteiger partial charge >= 0.3 is 0 Å². The minimum Gasteiger partial charge on any atom is -0.490 e. The second-order valence-electron chi connectivity index (χ2n) is 14.1. The van der Waals surface area contributed by atoms with E-state index in [1.165, 1.54) is 38.5 Å². The molecule has 0 saturated heterocycles. The molecule has 0 radical (unpaired) electrons. The number of fused-ring (bicyclic) bond motifs is 1. The summed E-state index contributed by atoms with van der Waals surface area (Å²) in [4.78, 5) is 31.6. The smallest absolute Gasteiger partial charge is 0.258 e. The van der Waals surface area contributed by atoms with Crippen molar-refractivity contribution in [2.45, 2.75) is 122 Å². The van der Waals surface area contributed by atoms with Gasteiger partial charge in [0.25, 0.3) is 5.91 Å². The predicted octanol–water partition coefficient (Wildman–Crippen LogP) is 6.51. The molecule has 0 aromatic heterocycles. The predicted molar refractivity (Wildman–Crippen MR) is 176 cm³/mol. The lowest BCUT2D eigenvalue weighted by Gasteiger charge is -2.36. The normalized spacial score (nSPS) is 26.0. The van der Waals surface area contributed by atoms with E-state index < -0.39 is 0 Å². The van der Waals surface area contributed by atoms with E-state index in [9.17, 15) is 14.7 Å². The van der Waals surface area contributed by atoms with E-state index in [4.69, 9.17) is 9.47 Å². The molecule has 0 bridgehead atoms. The number of carbonyl (C=O) groups excluding carboxylic acids is 2. The highest BCUT2D eigenvalue weighted by atomic mass is 16.5. The van der Waals surface area contributed by atoms with Crippen molar-refractivity contribution in [2.24, 2.45) is 17.8 Å². The van der Waals surface area contributed by atoms with Gasteiger partial charge in [-0.2, -0.15) is 0 Å². The zero-order valence-corrected chi connectivity index (χ0v) is 27.9. The fourth-order valence-corrected chi connectivity index (χ4v) is 7.26. The van der Waals surface area contributed by atoms with Crippen LogP contribution in [0.4, 0.5) is 5.69 Å². The number of aliphatic hydroxyl groups is 1. The lowest BCUT2D eigenvalue weighted by atomic mass is 9.88. The summed E-state index contributed by atoms with van der Waals surface area (Å²) in [7, 11) is 2.20. The molecule has 3 aliphatic rings. The Morgan fingerprint density at radius 2 is 1.68 bits per heavy atom. The lowest BCUT2D eigenvalue weighted by molar-refractivity contribution is -0.120. The molecule has 44 heavy (non-hydrogen) atoms. The summed E-state index contributed by atoms with van der Waals surface area (Å²) in [5, 5.41) is 13.3. The highest BCUT2D eigenvalue weighted by molar-refractivity contribution is 6.00. The van der Waals surface area contributed by atoms with Crippen LogP contribution in [0.5, 0.6) is 5.75 Å². The van der Waals surface area contributed by atoms with Crippen molar-refractivity contribution in [1.82, 2.24) is 9.80 Å². The number of aliphatic hydroxyl groups excluding tert-OH is 1. The van der Waals surface area contributed by atoms with E-state index in [0.717, 1.165) is 64.0 Å². The third-order valence-corrected chi connectivity index (χ3v) is 10.1. The van der Waals surface area contributed by atoms with E-state index in [0.29, 0.717) is 30.2 Å². The molecule has 4 atom stereocenters. The number of nitrogens with zero attached hydrogens (tertiary/aromatic N) is 2. The van der Waals surface area contributed by atoms with Crippen molar-refractivity contribution in [3.8, 4) is 5.75 Å². The van der Waals surface area contributed by atoms with Crippen molar-refractivity contribution in [3.05, 3.63) is 23.8 Å². The number of rotatable bonds is 8. The maximum absolute atomic E-state index is 14.4. The monoisotopic (exact) mass is 613 g/mol. The standard InChI is InChI=1S/C36H59N3O5/c1-26-22-39(27(2)25-40)36(42)32-21-31(37-35(41)30-16-9-6-10-17-30)18-19-33(32)44-28(3)13-11-12-20-43-34(26)24-38(4)23-29-14-7-5-8-15-29/h18-19,21,26-30,34,40H,5-17,20,22-25H2,1-4H3,(H,37,41)/t26-,27-,28+,34-/m1/s1. The summed E-state index contributed by atoms with van der Waals surface area (Å²) in [5.74, 6) is 1.19. The van der Waals surface area contributed by atoms with Crippen LogP contribution in [0.3, 0.4) is 0 Å². The second kappa shape index (κ2) is 17.5. The molecule has 248 valence electrons. The number of hydrogen-bond donors (Lipinski definition) is 2. The van der Waals surface area contributed by atoms with Gasteiger partial charge in [0.2, 0.25) is 5.91 Å². The largest absolute Gasteiger partial charge is 0.490 e. The molecule has 2 aliphatic carbocycles. The van der Waals surface area contributed by atoms with Crippen molar-refractivity contribution in [1.29, 1.82) is 0 Å². The van der Waals surface area contributed by atoms with Gasteiger partial charge in [0.05, 0.1) is 30.4 Å². The number of carbonyl (C=O) groups is 2. The van der Waals surface area contributed by atoms with Gasteiger partial charge in [-0.15, -0.1) is 0 Å². The van der Waals surface area contributed by atoms with Crippen molar-refractivity contribution < 1.29 is 24.2 Å². The number of benzene rings is 1. The highest BCUT2D eigenvalue weighted by Crippen LogP contribution is 2.30. The molecular formula is C36H59N3O5. The Morgan fingerprint density at radius 1 is 1.00 bits per heavy atom. The lowest BCUT2D eigenvalue weighted by Crippen LogP contribution is -2.47. The van der Waals surface area contributed by atoms with E-state index >= 15 is 0 Å². The molecule has 2 amide bonds. The Kier molecular flexibility index (Phi) is 13.8. The van der Waals surface area contributed by atoms with Gasteiger partial charge in [0, 0.05) is 43.8 Å². The van der Waals surface area contributed by atoms with Crippen molar-refractivity contribution in [2.75, 3.05) is 45.2 Å². The average molecular weight is 614 g/mol. The fourth-order valence-electron chi connectivity index (χ4n) is 7.26. The minimum atomic E-state index is -0.385. The molecule has 2 saturated carbocycles. The Labute approximate surface area is 266 Å². The topological polar surface area (TPSA) is 91.3 Å². The van der Waals surface area contributed by atoms with Gasteiger partial charge in [-0.05, 0) is 90.0 Å². The molecule has 2 fully saturated rings. The first-order chi connectivity index (χ1) is 21.2. The number of nitrogens with one attached hydrogen (secondary N) is 1. The first-order valence-corrected chi connectivity index (χ1v) is 17.6. The van der Waals surface area contributed by atoms with E-state index in [1.807, 2.05) is 26.0 Å². The van der Waals surface area contributed by atoms with Crippen LogP contribution in [0.15, 0.2) is 18.2 Å². The molecule has 1 aromatic carbocycles. The van der Waals surface area contributed by atoms with Crippen LogP contribution in [0.2, 0.25) is 0 Å². The van der Waals surface area contributed by atoms with Gasteiger partial charge < -0.3 is 29.7 Å². The number of hydrogen-bond acceptors (Lipinski definition) is 6. The van der Waals surface area contributed by atoms with Gasteiger partial charge in [0.1, 0.15) is 5.75 Å². The van der Waals surface area contributed by atoms with E-state index in [1.54, 1.807) is 11.0 Å². The molecule has 0 unspecified atom stereocenters. The maximum Gasteiger partial charge on any atom is 0.258 e. The summed E-state index contributed by atoms with van der Waals surface area (Å²) >= 11 is 0. The zero-order chi connectivity index (χ0) is 31.5. The van der Waals surface area contributed by atoms with Crippen molar-refractivity contribution in [3.63, 3.8) is 0 Å². The first-order valence-electron chi connectivity index (χ1n) is 17.6. The van der Waals surface area contributed by atoms with E-state index in [-0.39, 0.29) is 48.5 Å². The highest BCUT2D eigenvalue weighted by Gasteiger charge is 2.31. The Balaban J connectivity index is 1.56. The van der Waals surface area contributed by atoms with Crippen LogP contribution < -0.4 is 10.1 Å². The maximum atomic E-state index is 14.4. The zero-order valence-electron chi connectivity index (χ0n) is 27.9. The summed E-state index contributed by atoms with van der Waals surface area (Å²) in [5.41, 5.74) is 1.04. The minimum absolute atomic E-state index is 0.0179. The Bertz CT molecular complexity index is 1040. The third kappa shape index (κ3) is 10.2. The molecule has 0 spiro atoms. The number of anilines is 1. The molecule has 2 N–H and O–H groups in total. The van der Waals surface area contributed by atoms with Crippen LogP contribution >= 0.6 is 0 Å². The van der Waals surface area contributed by atoms with Gasteiger partial charge in [-0.25, -0.2) is 0 Å². The molecule has 1 aromatic rings. The number of likely N-dealkylation sites (N-methyl/N-ethyl adjacent to an activating group) is 1. The molecule has 1 aliphatic heterocycles. The van der Waals surface area contributed by atoms with Crippen LogP contribution in [0, 0.1) is 17.8 Å². The van der Waals surface area contributed by atoms with Crippen LogP contribution in [0.1, 0.15) is 115 Å². The van der Waals surface area contributed by atoms with Gasteiger partial charge in [-0.3, -0.25) is 9.59 Å². The molecule has 8 heteroatoms. The summed E-state index contributed by atoms with van der Waals surface area (Å²) in [6.45, 7) is 8.99. The second-order valence-corrected chi connectivity index (χ2v) is 14.1. The van der Waals surface area contributed by atoms with Gasteiger partial charge in [-0.1, -0.05) is 45.4 Å². The SMILES string of the molecule is C[C@@H]1CN([C@H](C)CO)C(=O)c2cc(NC(=O)C3CCCCC3)ccc2O[C@@H](C)CCCCO[C@@H]1CN(C)CC1CCCCC1. The van der Waals surface area contributed by atoms with Crippen LogP contribution in [-0.2, 0) is 9.53 Å². The molecule has 1 heterocycles. The molecule has 8 nitrogen and oxygen atoms in total. The fraction of sp³-hybridized carbons (Fsp3) is 0.778. The molecule has 4 rings (SSSR count). The van der Waals surface area contributed by atoms with Crippen LogP contribution in [0.25, 0.3) is 0 Å². The summed E-state index contributed by atoms with van der Waals surface area (Å²) in [6.07, 6.45) is 14.5. The Morgan fingerprint density at radius 3 is 2.39 bits per heavy atom. The average Bonchev–Trinajstić information content (AvgIpc) is 3.03. The van der Waals surface area contributed by atoms with Crippen molar-refractivity contribution >= 4 is 17.5 Å². The summed E-state index contributed by atoms with van der Waals surface area (Å²) < 4.78 is 12.9. The summed E-state index contributed by atoms with van der Waals surface area (Å²) in [6, 6.07) is 5.05. The first kappa shape index (κ1) is 34.7. The molecular weight excluding hydrogens is 554 g/mol. The van der Waals surface area contributed by atoms with E-state index in [2.05, 4.69) is 24.2 Å². The number of amides is 2. The van der Waals surface area contributed by atoms with Gasteiger partial charge in [0.15, 0.2) is 0 Å². The Hall–Kier alpha value is -2.16. The quantitative estimate of drug-likeness (QED) is 0.347. The third-order valence-electron chi connectivity index (χ3n) is 10.1. The van der Waals surface area contributed by atoms with Crippen LogP contribution in [-0.4, -0.2) is 84.9 Å².